The minimum atomic E-state index is -0.824. The van der Waals surface area contributed by atoms with E-state index >= 15 is 0 Å². The van der Waals surface area contributed by atoms with Gasteiger partial charge in [0.25, 0.3) is 0 Å². The fraction of sp³-hybridized carbons (Fsp3) is 0.211. The van der Waals surface area contributed by atoms with E-state index in [1.165, 1.54) is 13.2 Å². The Bertz CT molecular complexity index is 898. The van der Waals surface area contributed by atoms with Gasteiger partial charge in [-0.05, 0) is 36.8 Å². The van der Waals surface area contributed by atoms with Gasteiger partial charge in [-0.3, -0.25) is 14.6 Å². The summed E-state index contributed by atoms with van der Waals surface area (Å²) < 4.78 is 19.8. The van der Waals surface area contributed by atoms with Gasteiger partial charge in [0, 0.05) is 22.0 Å². The van der Waals surface area contributed by atoms with E-state index in [9.17, 15) is 14.0 Å². The molecule has 0 unspecified atom stereocenters. The number of benzodiazepines with no additional fused rings is 1. The third-order valence-corrected chi connectivity index (χ3v) is 4.55. The van der Waals surface area contributed by atoms with Gasteiger partial charge in [-0.15, -0.1) is 0 Å². The van der Waals surface area contributed by atoms with Crippen molar-refractivity contribution in [3.63, 3.8) is 0 Å². The molecule has 1 atom stereocenters. The average Bonchev–Trinajstić information content (AvgIpc) is 2.76. The first-order valence-corrected chi connectivity index (χ1v) is 8.79. The van der Waals surface area contributed by atoms with Crippen LogP contribution < -0.4 is 5.32 Å². The first-order valence-electron chi connectivity index (χ1n) is 8.00. The Kier molecular flexibility index (Phi) is 5.46. The molecule has 134 valence electrons. The lowest BCUT2D eigenvalue weighted by atomic mass is 10.00. The van der Waals surface area contributed by atoms with E-state index in [-0.39, 0.29) is 18.7 Å². The number of fused-ring (bicyclic) bond motifs is 1. The van der Waals surface area contributed by atoms with E-state index in [2.05, 4.69) is 31.0 Å². The predicted octanol–water partition coefficient (Wildman–Crippen LogP) is 3.70. The van der Waals surface area contributed by atoms with Crippen LogP contribution in [0.1, 0.15) is 24.0 Å². The lowest BCUT2D eigenvalue weighted by molar-refractivity contribution is -0.140. The molecule has 1 aliphatic heterocycles. The van der Waals surface area contributed by atoms with Crippen LogP contribution >= 0.6 is 15.9 Å². The van der Waals surface area contributed by atoms with E-state index in [1.807, 2.05) is 0 Å². The molecule has 26 heavy (non-hydrogen) atoms. The average molecular weight is 419 g/mol. The summed E-state index contributed by atoms with van der Waals surface area (Å²) in [5, 5.41) is 2.81. The van der Waals surface area contributed by atoms with E-state index in [1.54, 1.807) is 36.4 Å². The molecular formula is C19H16BrFN2O3. The molecule has 0 spiro atoms. The molecule has 0 bridgehead atoms. The summed E-state index contributed by atoms with van der Waals surface area (Å²) in [6.07, 6.45) is 0.217. The molecule has 0 fully saturated rings. The van der Waals surface area contributed by atoms with Crippen molar-refractivity contribution in [1.82, 2.24) is 0 Å². The van der Waals surface area contributed by atoms with Gasteiger partial charge >= 0.3 is 5.97 Å². The van der Waals surface area contributed by atoms with Gasteiger partial charge in [-0.25, -0.2) is 4.39 Å². The van der Waals surface area contributed by atoms with Crippen LogP contribution in [0, 0.1) is 5.82 Å². The molecule has 2 aromatic carbocycles. The van der Waals surface area contributed by atoms with Gasteiger partial charge in [0.2, 0.25) is 5.91 Å². The maximum absolute atomic E-state index is 14.4. The maximum Gasteiger partial charge on any atom is 0.305 e. The number of carbonyl (C=O) groups excluding carboxylic acids is 2. The minimum absolute atomic E-state index is 0.0443. The fourth-order valence-electron chi connectivity index (χ4n) is 2.74. The summed E-state index contributed by atoms with van der Waals surface area (Å²) in [5.41, 5.74) is 1.82. The predicted molar refractivity (Wildman–Crippen MR) is 99.8 cm³/mol. The number of nitrogens with one attached hydrogen (secondary N) is 1. The molecule has 1 N–H and O–H groups in total. The number of benzene rings is 2. The molecule has 0 saturated heterocycles. The van der Waals surface area contributed by atoms with Crippen molar-refractivity contribution in [2.45, 2.75) is 18.9 Å². The van der Waals surface area contributed by atoms with Crippen LogP contribution in [0.4, 0.5) is 10.1 Å². The second kappa shape index (κ2) is 7.78. The van der Waals surface area contributed by atoms with E-state index < -0.39 is 17.8 Å². The first kappa shape index (κ1) is 18.3. The third-order valence-electron chi connectivity index (χ3n) is 4.06. The standard InChI is InChI=1S/C19H16BrFN2O3/c1-26-17(24)9-8-16-19(25)23-15-7-6-11(20)10-13(15)18(22-16)12-4-2-3-5-14(12)21/h2-7,10,16H,8-9H2,1H3,(H,23,25)/t16-/m0/s1. The second-order valence-electron chi connectivity index (χ2n) is 5.77. The van der Waals surface area contributed by atoms with Crippen molar-refractivity contribution in [3.8, 4) is 0 Å². The summed E-state index contributed by atoms with van der Waals surface area (Å²) >= 11 is 3.40. The van der Waals surface area contributed by atoms with Gasteiger partial charge in [0.1, 0.15) is 11.9 Å². The zero-order valence-corrected chi connectivity index (χ0v) is 15.5. The van der Waals surface area contributed by atoms with Crippen molar-refractivity contribution >= 4 is 39.2 Å². The van der Waals surface area contributed by atoms with Crippen LogP contribution in [-0.4, -0.2) is 30.7 Å². The first-order chi connectivity index (χ1) is 12.5. The Balaban J connectivity index is 2.10. The van der Waals surface area contributed by atoms with Crippen LogP contribution in [-0.2, 0) is 14.3 Å². The largest absolute Gasteiger partial charge is 0.469 e. The highest BCUT2D eigenvalue weighted by Crippen LogP contribution is 2.29. The molecule has 7 heteroatoms. The third kappa shape index (κ3) is 3.83. The fourth-order valence-corrected chi connectivity index (χ4v) is 3.10. The number of aliphatic imine (C=N–C) groups is 1. The smallest absolute Gasteiger partial charge is 0.305 e. The summed E-state index contributed by atoms with van der Waals surface area (Å²) in [6.45, 7) is 0. The molecule has 0 radical (unpaired) electrons. The molecule has 2 aromatic rings. The number of esters is 1. The number of anilines is 1. The Hall–Kier alpha value is -2.54. The number of nitrogens with zero attached hydrogens (tertiary/aromatic N) is 1. The highest BCUT2D eigenvalue weighted by Gasteiger charge is 2.27. The molecule has 0 aromatic heterocycles. The van der Waals surface area contributed by atoms with Crippen molar-refractivity contribution < 1.29 is 18.7 Å². The second-order valence-corrected chi connectivity index (χ2v) is 6.68. The van der Waals surface area contributed by atoms with E-state index in [0.717, 1.165) is 4.47 Å². The highest BCUT2D eigenvalue weighted by atomic mass is 79.9. The Morgan fingerprint density at radius 3 is 2.77 bits per heavy atom. The van der Waals surface area contributed by atoms with Crippen LogP contribution in [0.2, 0.25) is 0 Å². The molecule has 1 aliphatic rings. The van der Waals surface area contributed by atoms with Gasteiger partial charge in [-0.1, -0.05) is 28.1 Å². The summed E-state index contributed by atoms with van der Waals surface area (Å²) in [6, 6.07) is 10.7. The van der Waals surface area contributed by atoms with Gasteiger partial charge in [0.05, 0.1) is 18.5 Å². The summed E-state index contributed by atoms with van der Waals surface area (Å²) in [4.78, 5) is 28.5. The summed E-state index contributed by atoms with van der Waals surface area (Å²) in [7, 11) is 1.29. The van der Waals surface area contributed by atoms with Crippen LogP contribution in [0.5, 0.6) is 0 Å². The van der Waals surface area contributed by atoms with Crippen LogP contribution in [0.3, 0.4) is 0 Å². The number of amides is 1. The SMILES string of the molecule is COC(=O)CC[C@@H]1N=C(c2ccccc2F)c2cc(Br)ccc2NC1=O. The van der Waals surface area contributed by atoms with Gasteiger partial charge < -0.3 is 10.1 Å². The van der Waals surface area contributed by atoms with Crippen LogP contribution in [0.25, 0.3) is 0 Å². The Morgan fingerprint density at radius 1 is 1.27 bits per heavy atom. The van der Waals surface area contributed by atoms with Crippen LogP contribution in [0.15, 0.2) is 51.9 Å². The normalized spacial score (nSPS) is 16.2. The Labute approximate surface area is 158 Å². The Morgan fingerprint density at radius 2 is 2.04 bits per heavy atom. The molecule has 3 rings (SSSR count). The summed E-state index contributed by atoms with van der Waals surface area (Å²) in [5.74, 6) is -1.20. The highest BCUT2D eigenvalue weighted by molar-refractivity contribution is 9.10. The topological polar surface area (TPSA) is 67.8 Å². The van der Waals surface area contributed by atoms with E-state index in [0.29, 0.717) is 22.5 Å². The lowest BCUT2D eigenvalue weighted by Gasteiger charge is -2.11. The molecule has 5 nitrogen and oxygen atoms in total. The number of rotatable bonds is 4. The van der Waals surface area contributed by atoms with Crippen molar-refractivity contribution in [3.05, 3.63) is 63.9 Å². The van der Waals surface area contributed by atoms with E-state index in [4.69, 9.17) is 0 Å². The van der Waals surface area contributed by atoms with Gasteiger partial charge in [0.15, 0.2) is 0 Å². The minimum Gasteiger partial charge on any atom is -0.469 e. The van der Waals surface area contributed by atoms with Crippen molar-refractivity contribution in [2.75, 3.05) is 12.4 Å². The number of hydrogen-bond acceptors (Lipinski definition) is 4. The quantitative estimate of drug-likeness (QED) is 0.769. The monoisotopic (exact) mass is 418 g/mol. The number of methoxy groups -OCH3 is 1. The molecular weight excluding hydrogens is 403 g/mol. The molecule has 1 amide bonds. The number of halogens is 2. The number of hydrogen-bond donors (Lipinski definition) is 1. The van der Waals surface area contributed by atoms with Gasteiger partial charge in [-0.2, -0.15) is 0 Å². The number of ether oxygens (including phenoxy) is 1. The lowest BCUT2D eigenvalue weighted by Crippen LogP contribution is -2.26. The number of carbonyl (C=O) groups is 2. The van der Waals surface area contributed by atoms with Crippen molar-refractivity contribution in [2.24, 2.45) is 4.99 Å². The molecule has 1 heterocycles. The van der Waals surface area contributed by atoms with Crippen molar-refractivity contribution in [1.29, 1.82) is 0 Å². The molecule has 0 aliphatic carbocycles. The molecule has 0 saturated carbocycles. The zero-order chi connectivity index (χ0) is 18.7. The zero-order valence-electron chi connectivity index (χ0n) is 14.0. The maximum atomic E-state index is 14.4.